The molecule has 124 valence electrons. The van der Waals surface area contributed by atoms with Crippen LogP contribution in [0.3, 0.4) is 0 Å². The molecule has 0 bridgehead atoms. The Morgan fingerprint density at radius 1 is 1.40 bits per heavy atom. The third-order valence-corrected chi connectivity index (χ3v) is 5.14. The maximum absolute atomic E-state index is 12.6. The molecule has 0 amide bonds. The number of benzene rings is 1. The SMILES string of the molecule is N#CCSc1nc2ncc3c(n2n1)CC(c1cccc(Cl)c1)CC3=O. The lowest BCUT2D eigenvalue weighted by Gasteiger charge is -2.23. The van der Waals surface area contributed by atoms with Gasteiger partial charge in [0.05, 0.1) is 23.1 Å². The van der Waals surface area contributed by atoms with Gasteiger partial charge in [-0.05, 0) is 30.0 Å². The third kappa shape index (κ3) is 2.99. The summed E-state index contributed by atoms with van der Waals surface area (Å²) in [7, 11) is 0. The number of aromatic nitrogens is 4. The Bertz CT molecular complexity index is 1030. The highest BCUT2D eigenvalue weighted by Crippen LogP contribution is 2.33. The lowest BCUT2D eigenvalue weighted by atomic mass is 9.82. The van der Waals surface area contributed by atoms with Gasteiger partial charge in [-0.15, -0.1) is 5.10 Å². The van der Waals surface area contributed by atoms with Gasteiger partial charge >= 0.3 is 0 Å². The Morgan fingerprint density at radius 3 is 3.08 bits per heavy atom. The van der Waals surface area contributed by atoms with Crippen molar-refractivity contribution in [3.8, 4) is 6.07 Å². The molecule has 25 heavy (non-hydrogen) atoms. The highest BCUT2D eigenvalue weighted by atomic mass is 35.5. The van der Waals surface area contributed by atoms with Gasteiger partial charge < -0.3 is 0 Å². The fourth-order valence-corrected chi connectivity index (χ4v) is 3.76. The zero-order valence-electron chi connectivity index (χ0n) is 13.0. The number of hydrogen-bond acceptors (Lipinski definition) is 6. The van der Waals surface area contributed by atoms with Crippen LogP contribution >= 0.6 is 23.4 Å². The molecular weight excluding hydrogens is 358 g/mol. The number of carbonyl (C=O) groups excluding carboxylic acids is 1. The second-order valence-electron chi connectivity index (χ2n) is 5.75. The first-order valence-corrected chi connectivity index (χ1v) is 9.05. The molecule has 0 radical (unpaired) electrons. The highest BCUT2D eigenvalue weighted by molar-refractivity contribution is 7.99. The predicted octanol–water partition coefficient (Wildman–Crippen LogP) is 3.31. The molecule has 1 atom stereocenters. The average molecular weight is 370 g/mol. The van der Waals surface area contributed by atoms with E-state index >= 15 is 0 Å². The molecule has 2 heterocycles. The van der Waals surface area contributed by atoms with Gasteiger partial charge in [-0.25, -0.2) is 4.98 Å². The van der Waals surface area contributed by atoms with Crippen molar-refractivity contribution < 1.29 is 4.79 Å². The van der Waals surface area contributed by atoms with Crippen LogP contribution in [0, 0.1) is 11.3 Å². The normalized spacial score (nSPS) is 16.6. The van der Waals surface area contributed by atoms with Crippen LogP contribution in [0.15, 0.2) is 35.6 Å². The summed E-state index contributed by atoms with van der Waals surface area (Å²) < 4.78 is 1.63. The fraction of sp³-hybridized carbons (Fsp3) is 0.235. The van der Waals surface area contributed by atoms with Crippen molar-refractivity contribution in [1.29, 1.82) is 5.26 Å². The molecule has 4 rings (SSSR count). The summed E-state index contributed by atoms with van der Waals surface area (Å²) in [5, 5.41) is 14.3. The first-order chi connectivity index (χ1) is 12.2. The monoisotopic (exact) mass is 369 g/mol. The minimum atomic E-state index is 0.0438. The summed E-state index contributed by atoms with van der Waals surface area (Å²) in [6.07, 6.45) is 2.66. The van der Waals surface area contributed by atoms with Crippen LogP contribution in [0.2, 0.25) is 5.02 Å². The molecule has 1 aliphatic carbocycles. The number of nitriles is 1. The van der Waals surface area contributed by atoms with Gasteiger partial charge in [0.2, 0.25) is 5.16 Å². The van der Waals surface area contributed by atoms with Crippen LogP contribution in [0.1, 0.15) is 34.0 Å². The van der Waals surface area contributed by atoms with E-state index in [-0.39, 0.29) is 17.5 Å². The molecule has 0 fully saturated rings. The molecular formula is C17H12ClN5OS. The Kier molecular flexibility index (Phi) is 4.15. The number of ketones is 1. The van der Waals surface area contributed by atoms with Gasteiger partial charge in [0.1, 0.15) is 0 Å². The van der Waals surface area contributed by atoms with Gasteiger partial charge in [-0.2, -0.15) is 14.8 Å². The maximum atomic E-state index is 12.6. The van der Waals surface area contributed by atoms with Gasteiger partial charge in [0, 0.05) is 17.6 Å². The number of nitrogens with zero attached hydrogens (tertiary/aromatic N) is 5. The molecule has 0 aliphatic heterocycles. The van der Waals surface area contributed by atoms with Gasteiger partial charge in [0.25, 0.3) is 5.78 Å². The summed E-state index contributed by atoms with van der Waals surface area (Å²) in [6, 6.07) is 9.66. The molecule has 8 heteroatoms. The number of Topliss-reactive ketones (excluding diaryl/α,β-unsaturated/α-hetero) is 1. The van der Waals surface area contributed by atoms with Gasteiger partial charge in [-0.1, -0.05) is 35.5 Å². The second kappa shape index (κ2) is 6.47. The van der Waals surface area contributed by atoms with E-state index in [1.165, 1.54) is 11.8 Å². The maximum Gasteiger partial charge on any atom is 0.253 e. The van der Waals surface area contributed by atoms with E-state index < -0.39 is 0 Å². The largest absolute Gasteiger partial charge is 0.294 e. The highest BCUT2D eigenvalue weighted by Gasteiger charge is 2.29. The smallest absolute Gasteiger partial charge is 0.253 e. The minimum Gasteiger partial charge on any atom is -0.294 e. The third-order valence-electron chi connectivity index (χ3n) is 4.20. The topological polar surface area (TPSA) is 83.9 Å². The van der Waals surface area contributed by atoms with Crippen molar-refractivity contribution in [3.05, 3.63) is 52.3 Å². The fourth-order valence-electron chi connectivity index (χ4n) is 3.08. The zero-order chi connectivity index (χ0) is 17.4. The van der Waals surface area contributed by atoms with E-state index in [9.17, 15) is 4.79 Å². The first-order valence-electron chi connectivity index (χ1n) is 7.69. The number of hydrogen-bond donors (Lipinski definition) is 0. The predicted molar refractivity (Wildman–Crippen MR) is 94.0 cm³/mol. The van der Waals surface area contributed by atoms with Crippen LogP contribution in [-0.2, 0) is 6.42 Å². The van der Waals surface area contributed by atoms with E-state index in [2.05, 4.69) is 21.1 Å². The molecule has 1 aromatic carbocycles. The van der Waals surface area contributed by atoms with Crippen molar-refractivity contribution in [2.24, 2.45) is 0 Å². The Balaban J connectivity index is 1.77. The van der Waals surface area contributed by atoms with Crippen molar-refractivity contribution in [2.45, 2.75) is 23.9 Å². The van der Waals surface area contributed by atoms with Crippen molar-refractivity contribution >= 4 is 34.9 Å². The average Bonchev–Trinajstić information content (AvgIpc) is 3.03. The van der Waals surface area contributed by atoms with E-state index in [0.29, 0.717) is 34.4 Å². The van der Waals surface area contributed by atoms with Crippen molar-refractivity contribution in [2.75, 3.05) is 5.75 Å². The standard InChI is InChI=1S/C17H12ClN5OS/c18-12-3-1-2-10(6-12)11-7-14-13(15(24)8-11)9-20-16-21-17(22-23(14)16)25-5-4-19/h1-3,6,9,11H,5,7-8H2. The molecule has 2 aromatic heterocycles. The number of halogens is 1. The minimum absolute atomic E-state index is 0.0438. The van der Waals surface area contributed by atoms with E-state index in [0.717, 1.165) is 11.3 Å². The van der Waals surface area contributed by atoms with Crippen LogP contribution in [0.5, 0.6) is 0 Å². The number of fused-ring (bicyclic) bond motifs is 3. The molecule has 0 spiro atoms. The Hall–Kier alpha value is -2.43. The van der Waals surface area contributed by atoms with Gasteiger partial charge in [-0.3, -0.25) is 4.79 Å². The lowest BCUT2D eigenvalue weighted by Crippen LogP contribution is -2.22. The molecule has 0 saturated heterocycles. The molecule has 0 saturated carbocycles. The van der Waals surface area contributed by atoms with E-state index in [4.69, 9.17) is 16.9 Å². The summed E-state index contributed by atoms with van der Waals surface area (Å²) in [4.78, 5) is 21.1. The summed E-state index contributed by atoms with van der Waals surface area (Å²) in [5.74, 6) is 0.799. The number of thioether (sulfide) groups is 1. The molecule has 1 aliphatic rings. The van der Waals surface area contributed by atoms with Crippen LogP contribution in [-0.4, -0.2) is 31.1 Å². The van der Waals surface area contributed by atoms with Crippen LogP contribution in [0.25, 0.3) is 5.78 Å². The summed E-state index contributed by atoms with van der Waals surface area (Å²) in [6.45, 7) is 0. The number of carbonyl (C=O) groups is 1. The molecule has 3 aromatic rings. The van der Waals surface area contributed by atoms with Gasteiger partial charge in [0.15, 0.2) is 5.78 Å². The summed E-state index contributed by atoms with van der Waals surface area (Å²) >= 11 is 7.35. The second-order valence-corrected chi connectivity index (χ2v) is 7.13. The lowest BCUT2D eigenvalue weighted by molar-refractivity contribution is 0.0962. The van der Waals surface area contributed by atoms with E-state index in [1.807, 2.05) is 24.3 Å². The zero-order valence-corrected chi connectivity index (χ0v) is 14.6. The number of rotatable bonds is 3. The summed E-state index contributed by atoms with van der Waals surface area (Å²) in [5.41, 5.74) is 2.44. The van der Waals surface area contributed by atoms with Crippen LogP contribution < -0.4 is 0 Å². The Morgan fingerprint density at radius 2 is 2.28 bits per heavy atom. The first kappa shape index (κ1) is 16.1. The quantitative estimate of drug-likeness (QED) is 0.658. The molecule has 0 N–H and O–H groups in total. The van der Waals surface area contributed by atoms with Crippen LogP contribution in [0.4, 0.5) is 0 Å². The Labute approximate surface area is 152 Å². The molecule has 1 unspecified atom stereocenters. The van der Waals surface area contributed by atoms with Crippen molar-refractivity contribution in [3.63, 3.8) is 0 Å². The van der Waals surface area contributed by atoms with Crippen molar-refractivity contribution in [1.82, 2.24) is 19.6 Å². The van der Waals surface area contributed by atoms with E-state index in [1.54, 1.807) is 10.7 Å². The molecule has 6 nitrogen and oxygen atoms in total.